The smallest absolute Gasteiger partial charge is 0.0324 e. The molecule has 2 nitrogen and oxygen atoms in total. The topological polar surface area (TPSA) is 29.3 Å². The predicted octanol–water partition coefficient (Wildman–Crippen LogP) is 3.51. The highest BCUT2D eigenvalue weighted by atomic mass is 15.2. The molecule has 2 heterocycles. The number of rotatable bonds is 4. The molecule has 3 atom stereocenters. The van der Waals surface area contributed by atoms with Crippen LogP contribution in [0.2, 0.25) is 0 Å². The summed E-state index contributed by atoms with van der Waals surface area (Å²) in [6, 6.07) is 10.8. The van der Waals surface area contributed by atoms with Gasteiger partial charge in [-0.25, -0.2) is 0 Å². The molecule has 110 valence electrons. The highest BCUT2D eigenvalue weighted by Gasteiger charge is 2.40. The molecule has 2 aliphatic rings. The van der Waals surface area contributed by atoms with Crippen molar-refractivity contribution in [1.29, 1.82) is 0 Å². The van der Waals surface area contributed by atoms with Crippen LogP contribution >= 0.6 is 0 Å². The number of hydrogen-bond acceptors (Lipinski definition) is 2. The molecule has 2 N–H and O–H groups in total. The zero-order chi connectivity index (χ0) is 14.1. The van der Waals surface area contributed by atoms with Gasteiger partial charge in [-0.05, 0) is 56.2 Å². The minimum absolute atomic E-state index is 0.226. The van der Waals surface area contributed by atoms with Gasteiger partial charge in [-0.2, -0.15) is 0 Å². The average molecular weight is 272 g/mol. The van der Waals surface area contributed by atoms with E-state index < -0.39 is 0 Å². The number of piperidine rings is 1. The number of fused-ring (bicyclic) bond motifs is 2. The Morgan fingerprint density at radius 3 is 2.60 bits per heavy atom. The van der Waals surface area contributed by atoms with Gasteiger partial charge in [0.25, 0.3) is 0 Å². The van der Waals surface area contributed by atoms with Gasteiger partial charge in [-0.1, -0.05) is 37.6 Å². The van der Waals surface area contributed by atoms with Gasteiger partial charge in [0.2, 0.25) is 0 Å². The SMILES string of the molecule is CCCc1cccc(C(N)C2CC3CCC(C2)N3C)c1. The van der Waals surface area contributed by atoms with E-state index in [1.165, 1.54) is 49.7 Å². The highest BCUT2D eigenvalue weighted by Crippen LogP contribution is 2.41. The number of aryl methyl sites for hydroxylation is 1. The maximum absolute atomic E-state index is 6.61. The first kappa shape index (κ1) is 14.1. The van der Waals surface area contributed by atoms with Crippen molar-refractivity contribution in [1.82, 2.24) is 4.90 Å². The van der Waals surface area contributed by atoms with Crippen molar-refractivity contribution in [2.45, 2.75) is 63.6 Å². The molecule has 0 aromatic heterocycles. The molecular formula is C18H28N2. The molecule has 3 unspecified atom stereocenters. The Kier molecular flexibility index (Phi) is 4.13. The van der Waals surface area contributed by atoms with Gasteiger partial charge in [0.15, 0.2) is 0 Å². The normalized spacial score (nSPS) is 31.4. The summed E-state index contributed by atoms with van der Waals surface area (Å²) in [6.07, 6.45) is 7.69. The monoisotopic (exact) mass is 272 g/mol. The molecule has 0 spiro atoms. The number of hydrogen-bond donors (Lipinski definition) is 1. The summed E-state index contributed by atoms with van der Waals surface area (Å²) >= 11 is 0. The standard InChI is InChI=1S/C18H28N2/c1-3-5-13-6-4-7-14(10-13)18(19)15-11-16-8-9-17(12-15)20(16)2/h4,6-7,10,15-18H,3,5,8-9,11-12,19H2,1-2H3. The summed E-state index contributed by atoms with van der Waals surface area (Å²) < 4.78 is 0. The van der Waals surface area contributed by atoms with E-state index in [0.29, 0.717) is 5.92 Å². The van der Waals surface area contributed by atoms with Crippen molar-refractivity contribution in [2.75, 3.05) is 7.05 Å². The second-order valence-electron chi connectivity index (χ2n) is 6.80. The van der Waals surface area contributed by atoms with Crippen LogP contribution in [0.5, 0.6) is 0 Å². The molecule has 2 heteroatoms. The van der Waals surface area contributed by atoms with E-state index in [9.17, 15) is 0 Å². The van der Waals surface area contributed by atoms with Gasteiger partial charge in [0, 0.05) is 18.1 Å². The highest BCUT2D eigenvalue weighted by molar-refractivity contribution is 5.27. The molecule has 0 radical (unpaired) electrons. The fraction of sp³-hybridized carbons (Fsp3) is 0.667. The van der Waals surface area contributed by atoms with E-state index in [-0.39, 0.29) is 6.04 Å². The lowest BCUT2D eigenvalue weighted by Gasteiger charge is -2.39. The van der Waals surface area contributed by atoms with Crippen molar-refractivity contribution in [2.24, 2.45) is 11.7 Å². The van der Waals surface area contributed by atoms with E-state index in [0.717, 1.165) is 12.1 Å². The molecule has 1 aromatic carbocycles. The maximum Gasteiger partial charge on any atom is 0.0324 e. The lowest BCUT2D eigenvalue weighted by molar-refractivity contribution is 0.121. The van der Waals surface area contributed by atoms with Gasteiger partial charge in [-0.3, -0.25) is 0 Å². The van der Waals surface area contributed by atoms with Gasteiger partial charge in [-0.15, -0.1) is 0 Å². The molecule has 2 aliphatic heterocycles. The predicted molar refractivity (Wildman–Crippen MR) is 84.7 cm³/mol. The molecule has 20 heavy (non-hydrogen) atoms. The molecule has 0 saturated carbocycles. The van der Waals surface area contributed by atoms with E-state index in [1.807, 2.05) is 0 Å². The molecule has 2 fully saturated rings. The third-order valence-electron chi connectivity index (χ3n) is 5.52. The van der Waals surface area contributed by atoms with Crippen molar-refractivity contribution < 1.29 is 0 Å². The Labute approximate surface area is 123 Å². The molecular weight excluding hydrogens is 244 g/mol. The molecule has 1 aromatic rings. The van der Waals surface area contributed by atoms with Crippen LogP contribution in [0.3, 0.4) is 0 Å². The maximum atomic E-state index is 6.61. The van der Waals surface area contributed by atoms with Crippen molar-refractivity contribution in [3.63, 3.8) is 0 Å². The van der Waals surface area contributed by atoms with Crippen LogP contribution in [0.25, 0.3) is 0 Å². The number of benzene rings is 1. The van der Waals surface area contributed by atoms with E-state index >= 15 is 0 Å². The fourth-order valence-electron chi connectivity index (χ4n) is 4.26. The van der Waals surface area contributed by atoms with E-state index in [2.05, 4.69) is 43.1 Å². The average Bonchev–Trinajstić information content (AvgIpc) is 2.68. The third-order valence-corrected chi connectivity index (χ3v) is 5.52. The van der Waals surface area contributed by atoms with Crippen LogP contribution in [-0.2, 0) is 6.42 Å². The van der Waals surface area contributed by atoms with Gasteiger partial charge in [0.05, 0.1) is 0 Å². The zero-order valence-electron chi connectivity index (χ0n) is 12.9. The summed E-state index contributed by atoms with van der Waals surface area (Å²) in [5.74, 6) is 0.667. The molecule has 2 bridgehead atoms. The van der Waals surface area contributed by atoms with E-state index in [1.54, 1.807) is 0 Å². The molecule has 0 aliphatic carbocycles. The lowest BCUT2D eigenvalue weighted by atomic mass is 9.82. The van der Waals surface area contributed by atoms with Crippen molar-refractivity contribution in [3.8, 4) is 0 Å². The quantitative estimate of drug-likeness (QED) is 0.909. The van der Waals surface area contributed by atoms with Crippen LogP contribution in [0.15, 0.2) is 24.3 Å². The Morgan fingerprint density at radius 2 is 1.95 bits per heavy atom. The first-order valence-electron chi connectivity index (χ1n) is 8.25. The zero-order valence-corrected chi connectivity index (χ0v) is 12.9. The second-order valence-corrected chi connectivity index (χ2v) is 6.80. The van der Waals surface area contributed by atoms with Crippen molar-refractivity contribution in [3.05, 3.63) is 35.4 Å². The van der Waals surface area contributed by atoms with Crippen molar-refractivity contribution >= 4 is 0 Å². The van der Waals surface area contributed by atoms with Crippen LogP contribution in [-0.4, -0.2) is 24.0 Å². The van der Waals surface area contributed by atoms with Crippen LogP contribution in [0.4, 0.5) is 0 Å². The third kappa shape index (κ3) is 2.64. The van der Waals surface area contributed by atoms with Crippen LogP contribution < -0.4 is 5.73 Å². The summed E-state index contributed by atoms with van der Waals surface area (Å²) in [6.45, 7) is 2.24. The molecule has 3 rings (SSSR count). The van der Waals surface area contributed by atoms with Gasteiger partial charge >= 0.3 is 0 Å². The van der Waals surface area contributed by atoms with Crippen LogP contribution in [0.1, 0.15) is 56.2 Å². The fourth-order valence-corrected chi connectivity index (χ4v) is 4.26. The molecule has 0 amide bonds. The summed E-state index contributed by atoms with van der Waals surface area (Å²) in [7, 11) is 2.30. The van der Waals surface area contributed by atoms with Gasteiger partial charge < -0.3 is 10.6 Å². The van der Waals surface area contributed by atoms with Gasteiger partial charge in [0.1, 0.15) is 0 Å². The lowest BCUT2D eigenvalue weighted by Crippen LogP contribution is -2.42. The van der Waals surface area contributed by atoms with E-state index in [4.69, 9.17) is 5.73 Å². The first-order chi connectivity index (χ1) is 9.69. The summed E-state index contributed by atoms with van der Waals surface area (Å²) in [5, 5.41) is 0. The minimum atomic E-state index is 0.226. The Morgan fingerprint density at radius 1 is 1.25 bits per heavy atom. The van der Waals surface area contributed by atoms with Crippen LogP contribution in [0, 0.1) is 5.92 Å². The first-order valence-corrected chi connectivity index (χ1v) is 8.25. The summed E-state index contributed by atoms with van der Waals surface area (Å²) in [5.41, 5.74) is 9.41. The minimum Gasteiger partial charge on any atom is -0.324 e. The number of nitrogens with zero attached hydrogens (tertiary/aromatic N) is 1. The Hall–Kier alpha value is -0.860. The molecule has 2 saturated heterocycles. The summed E-state index contributed by atoms with van der Waals surface area (Å²) in [4.78, 5) is 2.59. The largest absolute Gasteiger partial charge is 0.324 e. The Bertz CT molecular complexity index is 442. The Balaban J connectivity index is 1.72. The number of nitrogens with two attached hydrogens (primary N) is 1. The second kappa shape index (κ2) is 5.87.